The smallest absolute Gasteiger partial charge is 0.136 e. The van der Waals surface area contributed by atoms with Crippen molar-refractivity contribution in [3.8, 4) is 0 Å². The number of benzene rings is 1. The third-order valence-electron chi connectivity index (χ3n) is 4.27. The lowest BCUT2D eigenvalue weighted by molar-refractivity contribution is -0.124. The van der Waals surface area contributed by atoms with Gasteiger partial charge in [0.25, 0.3) is 0 Å². The zero-order valence-electron chi connectivity index (χ0n) is 11.5. The van der Waals surface area contributed by atoms with Crippen molar-refractivity contribution in [2.75, 3.05) is 0 Å². The third-order valence-corrected chi connectivity index (χ3v) is 4.27. The molecule has 2 heteroatoms. The summed E-state index contributed by atoms with van der Waals surface area (Å²) in [6.45, 7) is 0. The molecule has 0 saturated heterocycles. The molecule has 1 aromatic heterocycles. The van der Waals surface area contributed by atoms with Gasteiger partial charge in [0.2, 0.25) is 0 Å². The van der Waals surface area contributed by atoms with E-state index in [-0.39, 0.29) is 5.92 Å². The van der Waals surface area contributed by atoms with E-state index < -0.39 is 0 Å². The van der Waals surface area contributed by atoms with Crippen LogP contribution in [-0.4, -0.2) is 10.8 Å². The van der Waals surface area contributed by atoms with Crippen LogP contribution >= 0.6 is 0 Å². The Hall–Kier alpha value is -1.96. The lowest BCUT2D eigenvalue weighted by Crippen LogP contribution is -2.25. The lowest BCUT2D eigenvalue weighted by Gasteiger charge is -2.28. The van der Waals surface area contributed by atoms with E-state index in [1.807, 2.05) is 18.2 Å². The molecule has 0 N–H and O–H groups in total. The number of rotatable bonds is 3. The molecule has 3 rings (SSSR count). The average Bonchev–Trinajstić information content (AvgIpc) is 2.51. The molecule has 1 saturated carbocycles. The van der Waals surface area contributed by atoms with Gasteiger partial charge in [0, 0.05) is 24.7 Å². The van der Waals surface area contributed by atoms with Crippen molar-refractivity contribution in [3.05, 3.63) is 66.0 Å². The van der Waals surface area contributed by atoms with Gasteiger partial charge in [-0.2, -0.15) is 0 Å². The van der Waals surface area contributed by atoms with Crippen LogP contribution < -0.4 is 0 Å². The molecule has 1 fully saturated rings. The molecule has 2 aromatic rings. The van der Waals surface area contributed by atoms with Crippen LogP contribution in [0.5, 0.6) is 0 Å². The second-order valence-corrected chi connectivity index (χ2v) is 5.60. The zero-order chi connectivity index (χ0) is 13.8. The van der Waals surface area contributed by atoms with Gasteiger partial charge in [-0.05, 0) is 48.4 Å². The fourth-order valence-corrected chi connectivity index (χ4v) is 3.14. The van der Waals surface area contributed by atoms with Gasteiger partial charge >= 0.3 is 0 Å². The third kappa shape index (κ3) is 2.96. The van der Waals surface area contributed by atoms with Crippen LogP contribution in [0.3, 0.4) is 0 Å². The van der Waals surface area contributed by atoms with Crippen molar-refractivity contribution in [2.24, 2.45) is 5.92 Å². The Morgan fingerprint density at radius 2 is 1.80 bits per heavy atom. The van der Waals surface area contributed by atoms with Crippen molar-refractivity contribution >= 4 is 5.78 Å². The molecule has 0 amide bonds. The monoisotopic (exact) mass is 265 g/mol. The van der Waals surface area contributed by atoms with Gasteiger partial charge in [0.15, 0.2) is 0 Å². The first-order chi connectivity index (χ1) is 9.83. The molecule has 0 spiro atoms. The van der Waals surface area contributed by atoms with E-state index in [4.69, 9.17) is 0 Å². The molecule has 2 unspecified atom stereocenters. The summed E-state index contributed by atoms with van der Waals surface area (Å²) in [5, 5.41) is 0. The summed E-state index contributed by atoms with van der Waals surface area (Å²) < 4.78 is 0. The number of carbonyl (C=O) groups excluding carboxylic acids is 1. The maximum absolute atomic E-state index is 12.2. The zero-order valence-corrected chi connectivity index (χ0v) is 11.5. The molecule has 0 radical (unpaired) electrons. The van der Waals surface area contributed by atoms with Crippen molar-refractivity contribution in [2.45, 2.75) is 31.6 Å². The number of hydrogen-bond donors (Lipinski definition) is 0. The molecule has 2 nitrogen and oxygen atoms in total. The van der Waals surface area contributed by atoms with Gasteiger partial charge < -0.3 is 0 Å². The summed E-state index contributed by atoms with van der Waals surface area (Å²) in [5.74, 6) is 1.12. The first-order valence-corrected chi connectivity index (χ1v) is 7.29. The number of Topliss-reactive ketones (excluding diaryl/α,β-unsaturated/α-hetero) is 1. The molecule has 2 atom stereocenters. The van der Waals surface area contributed by atoms with Crippen LogP contribution in [0.25, 0.3) is 0 Å². The highest BCUT2D eigenvalue weighted by molar-refractivity contribution is 5.82. The van der Waals surface area contributed by atoms with Crippen molar-refractivity contribution in [1.82, 2.24) is 4.98 Å². The van der Waals surface area contributed by atoms with E-state index in [2.05, 4.69) is 29.2 Å². The quantitative estimate of drug-likeness (QED) is 0.845. The number of ketones is 1. The summed E-state index contributed by atoms with van der Waals surface area (Å²) >= 11 is 0. The molecular formula is C18H19NO. The van der Waals surface area contributed by atoms with Gasteiger partial charge in [-0.1, -0.05) is 30.3 Å². The van der Waals surface area contributed by atoms with Crippen LogP contribution in [0.4, 0.5) is 0 Å². The van der Waals surface area contributed by atoms with Gasteiger partial charge in [0.1, 0.15) is 5.78 Å². The number of nitrogens with zero attached hydrogens (tertiary/aromatic N) is 1. The number of hydrogen-bond acceptors (Lipinski definition) is 2. The summed E-state index contributed by atoms with van der Waals surface area (Å²) in [4.78, 5) is 16.2. The van der Waals surface area contributed by atoms with Crippen LogP contribution in [0.1, 0.15) is 36.3 Å². The first kappa shape index (κ1) is 13.0. The second-order valence-electron chi connectivity index (χ2n) is 5.60. The normalized spacial score (nSPS) is 22.7. The highest BCUT2D eigenvalue weighted by Crippen LogP contribution is 2.35. The van der Waals surface area contributed by atoms with E-state index in [0.29, 0.717) is 11.7 Å². The molecule has 102 valence electrons. The van der Waals surface area contributed by atoms with Crippen LogP contribution in [0, 0.1) is 5.92 Å². The molecular weight excluding hydrogens is 246 g/mol. The number of carbonyl (C=O) groups is 1. The van der Waals surface area contributed by atoms with Gasteiger partial charge in [-0.25, -0.2) is 0 Å². The van der Waals surface area contributed by atoms with E-state index in [1.165, 1.54) is 11.1 Å². The molecule has 0 aliphatic heterocycles. The first-order valence-electron chi connectivity index (χ1n) is 7.29. The molecule has 20 heavy (non-hydrogen) atoms. The van der Waals surface area contributed by atoms with E-state index >= 15 is 0 Å². The number of aromatic nitrogens is 1. The van der Waals surface area contributed by atoms with Crippen molar-refractivity contribution in [1.29, 1.82) is 0 Å². The van der Waals surface area contributed by atoms with Gasteiger partial charge in [-0.3, -0.25) is 9.78 Å². The van der Waals surface area contributed by atoms with E-state index in [1.54, 1.807) is 12.4 Å². The topological polar surface area (TPSA) is 30.0 Å². The van der Waals surface area contributed by atoms with Gasteiger partial charge in [-0.15, -0.1) is 0 Å². The largest absolute Gasteiger partial charge is 0.299 e. The Kier molecular flexibility index (Phi) is 3.91. The van der Waals surface area contributed by atoms with Crippen molar-refractivity contribution in [3.63, 3.8) is 0 Å². The Balaban J connectivity index is 1.72. The maximum Gasteiger partial charge on any atom is 0.136 e. The second kappa shape index (κ2) is 6.00. The number of pyridine rings is 1. The fraction of sp³-hybridized carbons (Fsp3) is 0.333. The SMILES string of the molecule is O=C1CCC(c2ccccc2)CC1Cc1ccncc1. The predicted molar refractivity (Wildman–Crippen MR) is 79.5 cm³/mol. The van der Waals surface area contributed by atoms with Crippen molar-refractivity contribution < 1.29 is 4.79 Å². The maximum atomic E-state index is 12.2. The summed E-state index contributed by atoms with van der Waals surface area (Å²) in [6, 6.07) is 14.6. The Morgan fingerprint density at radius 1 is 1.05 bits per heavy atom. The minimum atomic E-state index is 0.163. The van der Waals surface area contributed by atoms with Crippen LogP contribution in [0.2, 0.25) is 0 Å². The van der Waals surface area contributed by atoms with E-state index in [0.717, 1.165) is 25.7 Å². The fourth-order valence-electron chi connectivity index (χ4n) is 3.14. The lowest BCUT2D eigenvalue weighted by atomic mass is 9.75. The standard InChI is InChI=1S/C18H19NO/c20-18-7-6-16(15-4-2-1-3-5-15)13-17(18)12-14-8-10-19-11-9-14/h1-5,8-11,16-17H,6-7,12-13H2. The average molecular weight is 265 g/mol. The molecule has 0 bridgehead atoms. The molecule has 1 aliphatic rings. The highest BCUT2D eigenvalue weighted by Gasteiger charge is 2.29. The molecule has 1 heterocycles. The summed E-state index contributed by atoms with van der Waals surface area (Å²) in [6.07, 6.45) is 7.15. The molecule has 1 aromatic carbocycles. The highest BCUT2D eigenvalue weighted by atomic mass is 16.1. The Bertz CT molecular complexity index is 564. The predicted octanol–water partition coefficient (Wildman–Crippen LogP) is 3.78. The van der Waals surface area contributed by atoms with Crippen LogP contribution in [-0.2, 0) is 11.2 Å². The summed E-state index contributed by atoms with van der Waals surface area (Å²) in [5.41, 5.74) is 2.59. The van der Waals surface area contributed by atoms with E-state index in [9.17, 15) is 4.79 Å². The Morgan fingerprint density at radius 3 is 2.55 bits per heavy atom. The Labute approximate surface area is 119 Å². The minimum absolute atomic E-state index is 0.163. The molecule has 1 aliphatic carbocycles. The minimum Gasteiger partial charge on any atom is -0.299 e. The summed E-state index contributed by atoms with van der Waals surface area (Å²) in [7, 11) is 0. The van der Waals surface area contributed by atoms with Crippen LogP contribution in [0.15, 0.2) is 54.9 Å². The van der Waals surface area contributed by atoms with Gasteiger partial charge in [0.05, 0.1) is 0 Å².